The third-order valence-corrected chi connectivity index (χ3v) is 5.53. The molecule has 3 amide bonds. The van der Waals surface area contributed by atoms with E-state index in [1.165, 1.54) is 23.1 Å². The number of halogens is 1. The van der Waals surface area contributed by atoms with Gasteiger partial charge in [-0.15, -0.1) is 0 Å². The predicted molar refractivity (Wildman–Crippen MR) is 124 cm³/mol. The predicted octanol–water partition coefficient (Wildman–Crippen LogP) is 2.88. The van der Waals surface area contributed by atoms with Crippen LogP contribution < -0.4 is 10.6 Å². The number of amides is 3. The summed E-state index contributed by atoms with van der Waals surface area (Å²) >= 11 is 0. The van der Waals surface area contributed by atoms with Crippen LogP contribution in [0.3, 0.4) is 0 Å². The van der Waals surface area contributed by atoms with E-state index in [-0.39, 0.29) is 24.3 Å². The number of hydrogen-bond donors (Lipinski definition) is 3. The van der Waals surface area contributed by atoms with Crippen molar-refractivity contribution < 1.29 is 23.5 Å². The Hall–Kier alpha value is -3.46. The first-order valence-corrected chi connectivity index (χ1v) is 10.8. The molecule has 0 fully saturated rings. The minimum atomic E-state index is -0.625. The van der Waals surface area contributed by atoms with Gasteiger partial charge < -0.3 is 25.3 Å². The number of H-pyrrole nitrogens is 1. The molecule has 1 aliphatic rings. The van der Waals surface area contributed by atoms with Crippen molar-refractivity contribution in [3.8, 4) is 0 Å². The lowest BCUT2D eigenvalue weighted by Crippen LogP contribution is -2.38. The van der Waals surface area contributed by atoms with E-state index in [1.54, 1.807) is 34.0 Å². The second-order valence-electron chi connectivity index (χ2n) is 8.09. The smallest absolute Gasteiger partial charge is 0.256 e. The number of nitrogens with one attached hydrogen (secondary N) is 3. The maximum absolute atomic E-state index is 13.7. The molecule has 0 radical (unpaired) electrons. The van der Waals surface area contributed by atoms with E-state index in [1.807, 2.05) is 6.92 Å². The van der Waals surface area contributed by atoms with Gasteiger partial charge in [0.15, 0.2) is 0 Å². The number of benzene rings is 1. The Bertz CT molecular complexity index is 1120. The molecule has 0 unspecified atom stereocenters. The summed E-state index contributed by atoms with van der Waals surface area (Å²) in [5.41, 5.74) is 3.71. The number of nitrogens with zero attached hydrogens (tertiary/aromatic N) is 1. The molecule has 9 heteroatoms. The van der Waals surface area contributed by atoms with Crippen LogP contribution in [0.5, 0.6) is 0 Å². The fourth-order valence-electron chi connectivity index (χ4n) is 3.88. The van der Waals surface area contributed by atoms with Crippen molar-refractivity contribution in [1.82, 2.24) is 15.2 Å². The molecular weight excluding hydrogens is 427 g/mol. The van der Waals surface area contributed by atoms with Gasteiger partial charge in [-0.1, -0.05) is 0 Å². The van der Waals surface area contributed by atoms with Gasteiger partial charge in [-0.25, -0.2) is 4.39 Å². The zero-order chi connectivity index (χ0) is 24.3. The summed E-state index contributed by atoms with van der Waals surface area (Å²) in [4.78, 5) is 42.1. The number of ether oxygens (including phenoxy) is 1. The van der Waals surface area contributed by atoms with Crippen molar-refractivity contribution >= 4 is 35.1 Å². The van der Waals surface area contributed by atoms with Crippen molar-refractivity contribution in [3.05, 3.63) is 52.1 Å². The molecule has 0 aliphatic carbocycles. The zero-order valence-electron chi connectivity index (χ0n) is 19.5. The topological polar surface area (TPSA) is 104 Å². The minimum absolute atomic E-state index is 0.152. The third-order valence-electron chi connectivity index (χ3n) is 5.53. The molecule has 0 saturated carbocycles. The van der Waals surface area contributed by atoms with Gasteiger partial charge >= 0.3 is 0 Å². The molecule has 1 aliphatic heterocycles. The Labute approximate surface area is 192 Å². The van der Waals surface area contributed by atoms with Gasteiger partial charge in [0.25, 0.3) is 17.7 Å². The monoisotopic (exact) mass is 456 g/mol. The molecule has 176 valence electrons. The van der Waals surface area contributed by atoms with Crippen molar-refractivity contribution in [2.75, 3.05) is 32.6 Å². The van der Waals surface area contributed by atoms with Gasteiger partial charge in [0, 0.05) is 49.9 Å². The van der Waals surface area contributed by atoms with Crippen LogP contribution in [-0.4, -0.2) is 61.0 Å². The summed E-state index contributed by atoms with van der Waals surface area (Å²) in [5.74, 6) is -1.21. The maximum Gasteiger partial charge on any atom is 0.256 e. The fraction of sp³-hybridized carbons (Fsp3) is 0.375. The fourth-order valence-corrected chi connectivity index (χ4v) is 3.88. The van der Waals surface area contributed by atoms with E-state index >= 15 is 0 Å². The second-order valence-corrected chi connectivity index (χ2v) is 8.09. The number of aromatic nitrogens is 1. The molecule has 8 nitrogen and oxygen atoms in total. The summed E-state index contributed by atoms with van der Waals surface area (Å²) in [6, 6.07) is 4.12. The standard InChI is InChI=1S/C24H29FN4O4/c1-6-33-20(24(32)29(4)5)9-10-26-23(31)21-13(2)19(27-14(21)3)12-17-16-11-15(25)7-8-18(16)28-22(17)30/h7-8,11-12,20,27H,6,9-10H2,1-5H3,(H,26,31)(H,28,30)/t20-/m0/s1. The number of rotatable bonds is 8. The molecule has 1 aromatic carbocycles. The maximum atomic E-state index is 13.7. The van der Waals surface area contributed by atoms with Gasteiger partial charge in [0.1, 0.15) is 11.9 Å². The number of carbonyl (C=O) groups excluding carboxylic acids is 3. The number of aromatic amines is 1. The highest BCUT2D eigenvalue weighted by Gasteiger charge is 2.26. The average molecular weight is 457 g/mol. The molecule has 0 spiro atoms. The Morgan fingerprint density at radius 1 is 1.27 bits per heavy atom. The van der Waals surface area contributed by atoms with E-state index < -0.39 is 11.9 Å². The van der Waals surface area contributed by atoms with Crippen LogP contribution in [0.25, 0.3) is 11.6 Å². The molecule has 2 aromatic rings. The Morgan fingerprint density at radius 3 is 2.67 bits per heavy atom. The average Bonchev–Trinajstić information content (AvgIpc) is 3.21. The van der Waals surface area contributed by atoms with E-state index in [2.05, 4.69) is 15.6 Å². The van der Waals surface area contributed by atoms with E-state index in [0.29, 0.717) is 52.4 Å². The number of hydrogen-bond acceptors (Lipinski definition) is 4. The lowest BCUT2D eigenvalue weighted by atomic mass is 10.0. The summed E-state index contributed by atoms with van der Waals surface area (Å²) in [7, 11) is 3.32. The van der Waals surface area contributed by atoms with Gasteiger partial charge in [-0.2, -0.15) is 0 Å². The molecule has 0 saturated heterocycles. The van der Waals surface area contributed by atoms with Crippen molar-refractivity contribution in [2.24, 2.45) is 0 Å². The summed E-state index contributed by atoms with van der Waals surface area (Å²) in [6.07, 6.45) is 1.35. The number of fused-ring (bicyclic) bond motifs is 1. The Morgan fingerprint density at radius 2 is 2.00 bits per heavy atom. The van der Waals surface area contributed by atoms with Crippen LogP contribution in [0.4, 0.5) is 10.1 Å². The molecule has 0 bridgehead atoms. The van der Waals surface area contributed by atoms with Crippen LogP contribution in [0.1, 0.15) is 46.2 Å². The van der Waals surface area contributed by atoms with E-state index in [4.69, 9.17) is 4.74 Å². The first kappa shape index (κ1) is 24.2. The highest BCUT2D eigenvalue weighted by molar-refractivity contribution is 6.34. The van der Waals surface area contributed by atoms with E-state index in [9.17, 15) is 18.8 Å². The molecule has 1 atom stereocenters. The number of carbonyl (C=O) groups is 3. The van der Waals surface area contributed by atoms with Gasteiger partial charge in [-0.05, 0) is 57.0 Å². The lowest BCUT2D eigenvalue weighted by Gasteiger charge is -2.20. The molecule has 3 rings (SSSR count). The first-order valence-electron chi connectivity index (χ1n) is 10.8. The van der Waals surface area contributed by atoms with Crippen LogP contribution in [-0.2, 0) is 14.3 Å². The Balaban J connectivity index is 1.77. The number of aryl methyl sites for hydroxylation is 1. The lowest BCUT2D eigenvalue weighted by molar-refractivity contribution is -0.141. The van der Waals surface area contributed by atoms with Gasteiger partial charge in [0.05, 0.1) is 11.1 Å². The number of anilines is 1. The minimum Gasteiger partial charge on any atom is -0.369 e. The highest BCUT2D eigenvalue weighted by Crippen LogP contribution is 2.34. The Kier molecular flexibility index (Phi) is 7.33. The van der Waals surface area contributed by atoms with E-state index in [0.717, 1.165) is 0 Å². The summed E-state index contributed by atoms with van der Waals surface area (Å²) < 4.78 is 19.2. The van der Waals surface area contributed by atoms with Crippen molar-refractivity contribution in [2.45, 2.75) is 33.3 Å². The third kappa shape index (κ3) is 5.14. The quantitative estimate of drug-likeness (QED) is 0.532. The van der Waals surface area contributed by atoms with Crippen LogP contribution in [0.15, 0.2) is 18.2 Å². The van der Waals surface area contributed by atoms with Crippen LogP contribution in [0, 0.1) is 19.7 Å². The summed E-state index contributed by atoms with van der Waals surface area (Å²) in [5, 5.41) is 5.56. The van der Waals surface area contributed by atoms with Gasteiger partial charge in [0.2, 0.25) is 0 Å². The van der Waals surface area contributed by atoms with Gasteiger partial charge in [-0.3, -0.25) is 14.4 Å². The highest BCUT2D eigenvalue weighted by atomic mass is 19.1. The molecule has 3 N–H and O–H groups in total. The first-order chi connectivity index (χ1) is 15.6. The second kappa shape index (κ2) is 9.99. The zero-order valence-corrected chi connectivity index (χ0v) is 19.5. The number of likely N-dealkylation sites (N-methyl/N-ethyl adjacent to an activating group) is 1. The molecular formula is C24H29FN4O4. The van der Waals surface area contributed by atoms with Crippen molar-refractivity contribution in [3.63, 3.8) is 0 Å². The molecule has 1 aromatic heterocycles. The van der Waals surface area contributed by atoms with Crippen LogP contribution >= 0.6 is 0 Å². The summed E-state index contributed by atoms with van der Waals surface area (Å²) in [6.45, 7) is 6.02. The SMILES string of the molecule is CCO[C@@H](CCNC(=O)c1c(C)[nH]c(C=C2C(=O)Nc3ccc(F)cc32)c1C)C(=O)N(C)C. The largest absolute Gasteiger partial charge is 0.369 e. The molecule has 2 heterocycles. The normalized spacial score (nSPS) is 14.7. The van der Waals surface area contributed by atoms with Crippen molar-refractivity contribution in [1.29, 1.82) is 0 Å². The van der Waals surface area contributed by atoms with Crippen LogP contribution in [0.2, 0.25) is 0 Å². The molecule has 33 heavy (non-hydrogen) atoms.